The van der Waals surface area contributed by atoms with E-state index in [1.54, 1.807) is 13.3 Å². The Hall–Kier alpha value is -2.86. The average molecular weight is 342 g/mol. The summed E-state index contributed by atoms with van der Waals surface area (Å²) in [4.78, 5) is 4.42. The standard InChI is InChI=1S/C17H16ClN5O/c1-11-12(18)6-5-8-13(11)20-16-10-19-23-17(22-16)21-14-7-3-4-9-15(14)24-2/h3-10H,1-2H3,(H2,20,21,22,23). The predicted octanol–water partition coefficient (Wildman–Crippen LogP) is 4.33. The first-order valence-corrected chi connectivity index (χ1v) is 7.67. The van der Waals surface area contributed by atoms with E-state index in [1.807, 2.05) is 49.4 Å². The van der Waals surface area contributed by atoms with Crippen LogP contribution >= 0.6 is 11.6 Å². The third-order valence-corrected chi connectivity index (χ3v) is 3.85. The molecule has 3 aromatic rings. The molecule has 2 aromatic carbocycles. The second-order valence-corrected chi connectivity index (χ2v) is 5.44. The number of rotatable bonds is 5. The first-order chi connectivity index (χ1) is 11.7. The maximum Gasteiger partial charge on any atom is 0.249 e. The first kappa shape index (κ1) is 16.0. The van der Waals surface area contributed by atoms with Gasteiger partial charge in [-0.3, -0.25) is 0 Å². The highest BCUT2D eigenvalue weighted by Gasteiger charge is 2.07. The molecule has 0 aliphatic carbocycles. The van der Waals surface area contributed by atoms with E-state index in [0.717, 1.165) is 16.9 Å². The number of aromatic nitrogens is 3. The summed E-state index contributed by atoms with van der Waals surface area (Å²) in [5, 5.41) is 15.0. The highest BCUT2D eigenvalue weighted by molar-refractivity contribution is 6.31. The number of para-hydroxylation sites is 2. The molecule has 0 aliphatic rings. The fourth-order valence-electron chi connectivity index (χ4n) is 2.17. The minimum absolute atomic E-state index is 0.365. The van der Waals surface area contributed by atoms with Gasteiger partial charge in [-0.25, -0.2) is 0 Å². The molecule has 0 aliphatic heterocycles. The van der Waals surface area contributed by atoms with Crippen LogP contribution in [0.5, 0.6) is 5.75 Å². The summed E-state index contributed by atoms with van der Waals surface area (Å²) < 4.78 is 5.30. The number of nitrogens with one attached hydrogen (secondary N) is 2. The van der Waals surface area contributed by atoms with E-state index in [1.165, 1.54) is 0 Å². The molecular weight excluding hydrogens is 326 g/mol. The molecule has 1 aromatic heterocycles. The Morgan fingerprint density at radius 3 is 2.62 bits per heavy atom. The second kappa shape index (κ2) is 7.14. The van der Waals surface area contributed by atoms with Gasteiger partial charge in [-0.05, 0) is 36.8 Å². The van der Waals surface area contributed by atoms with E-state index in [2.05, 4.69) is 25.8 Å². The summed E-state index contributed by atoms with van der Waals surface area (Å²) in [6.45, 7) is 1.94. The first-order valence-electron chi connectivity index (χ1n) is 7.29. The summed E-state index contributed by atoms with van der Waals surface area (Å²) in [7, 11) is 1.61. The zero-order valence-electron chi connectivity index (χ0n) is 13.2. The molecule has 0 saturated carbocycles. The monoisotopic (exact) mass is 341 g/mol. The van der Waals surface area contributed by atoms with E-state index in [9.17, 15) is 0 Å². The Labute approximate surface area is 144 Å². The van der Waals surface area contributed by atoms with Gasteiger partial charge in [0, 0.05) is 10.7 Å². The van der Waals surface area contributed by atoms with Crippen LogP contribution in [-0.4, -0.2) is 22.3 Å². The molecule has 0 bridgehead atoms. The summed E-state index contributed by atoms with van der Waals surface area (Å²) >= 11 is 6.14. The highest BCUT2D eigenvalue weighted by atomic mass is 35.5. The van der Waals surface area contributed by atoms with Gasteiger partial charge in [0.25, 0.3) is 0 Å². The number of benzene rings is 2. The number of methoxy groups -OCH3 is 1. The fraction of sp³-hybridized carbons (Fsp3) is 0.118. The zero-order chi connectivity index (χ0) is 16.9. The molecule has 0 saturated heterocycles. The van der Waals surface area contributed by atoms with Gasteiger partial charge in [0.1, 0.15) is 5.75 Å². The average Bonchev–Trinajstić information content (AvgIpc) is 2.60. The quantitative estimate of drug-likeness (QED) is 0.719. The molecule has 3 rings (SSSR count). The van der Waals surface area contributed by atoms with Gasteiger partial charge < -0.3 is 15.4 Å². The van der Waals surface area contributed by atoms with E-state index in [-0.39, 0.29) is 0 Å². The van der Waals surface area contributed by atoms with Crippen LogP contribution in [0.15, 0.2) is 48.7 Å². The van der Waals surface area contributed by atoms with Crippen molar-refractivity contribution in [2.24, 2.45) is 0 Å². The summed E-state index contributed by atoms with van der Waals surface area (Å²) in [6, 6.07) is 13.2. The van der Waals surface area contributed by atoms with Gasteiger partial charge >= 0.3 is 0 Å². The molecule has 1 heterocycles. The Bertz CT molecular complexity index is 856. The Morgan fingerprint density at radius 1 is 1.00 bits per heavy atom. The normalized spacial score (nSPS) is 10.3. The van der Waals surface area contributed by atoms with Crippen molar-refractivity contribution in [1.29, 1.82) is 0 Å². The molecule has 24 heavy (non-hydrogen) atoms. The number of hydrogen-bond acceptors (Lipinski definition) is 6. The van der Waals surface area contributed by atoms with Crippen LogP contribution in [-0.2, 0) is 0 Å². The molecule has 7 heteroatoms. The van der Waals surface area contributed by atoms with Crippen LogP contribution in [0.25, 0.3) is 0 Å². The van der Waals surface area contributed by atoms with Crippen molar-refractivity contribution < 1.29 is 4.74 Å². The molecule has 6 nitrogen and oxygen atoms in total. The summed E-state index contributed by atoms with van der Waals surface area (Å²) in [6.07, 6.45) is 1.55. The third-order valence-electron chi connectivity index (χ3n) is 3.44. The van der Waals surface area contributed by atoms with Crippen molar-refractivity contribution >= 4 is 34.7 Å². The van der Waals surface area contributed by atoms with Gasteiger partial charge in [-0.15, -0.1) is 5.10 Å². The molecule has 0 radical (unpaired) electrons. The van der Waals surface area contributed by atoms with Gasteiger partial charge in [0.2, 0.25) is 5.95 Å². The van der Waals surface area contributed by atoms with Crippen LogP contribution in [0.1, 0.15) is 5.56 Å². The minimum atomic E-state index is 0.365. The minimum Gasteiger partial charge on any atom is -0.495 e. The zero-order valence-corrected chi connectivity index (χ0v) is 14.0. The molecule has 0 fully saturated rings. The predicted molar refractivity (Wildman–Crippen MR) is 95.6 cm³/mol. The topological polar surface area (TPSA) is 72.0 Å². The number of hydrogen-bond donors (Lipinski definition) is 2. The smallest absolute Gasteiger partial charge is 0.249 e. The van der Waals surface area contributed by atoms with Crippen molar-refractivity contribution in [1.82, 2.24) is 15.2 Å². The van der Waals surface area contributed by atoms with Crippen molar-refractivity contribution in [3.05, 3.63) is 59.2 Å². The number of halogens is 1. The lowest BCUT2D eigenvalue weighted by Gasteiger charge is -2.11. The Kier molecular flexibility index (Phi) is 4.77. The lowest BCUT2D eigenvalue weighted by atomic mass is 10.2. The van der Waals surface area contributed by atoms with Crippen molar-refractivity contribution in [2.45, 2.75) is 6.92 Å². The van der Waals surface area contributed by atoms with Crippen molar-refractivity contribution in [3.63, 3.8) is 0 Å². The van der Waals surface area contributed by atoms with E-state index in [0.29, 0.717) is 22.5 Å². The molecule has 2 N–H and O–H groups in total. The van der Waals surface area contributed by atoms with E-state index < -0.39 is 0 Å². The van der Waals surface area contributed by atoms with E-state index >= 15 is 0 Å². The summed E-state index contributed by atoms with van der Waals surface area (Å²) in [5.41, 5.74) is 2.57. The Balaban J connectivity index is 1.83. The van der Waals surface area contributed by atoms with Crippen LogP contribution in [0.2, 0.25) is 5.02 Å². The molecular formula is C17H16ClN5O. The lowest BCUT2D eigenvalue weighted by molar-refractivity contribution is 0.417. The number of anilines is 4. The summed E-state index contributed by atoms with van der Waals surface area (Å²) in [5.74, 6) is 1.63. The van der Waals surface area contributed by atoms with Crippen molar-refractivity contribution in [2.75, 3.05) is 17.7 Å². The second-order valence-electron chi connectivity index (χ2n) is 5.03. The number of nitrogens with zero attached hydrogens (tertiary/aromatic N) is 3. The highest BCUT2D eigenvalue weighted by Crippen LogP contribution is 2.27. The maximum absolute atomic E-state index is 6.14. The van der Waals surface area contributed by atoms with Gasteiger partial charge in [-0.2, -0.15) is 10.1 Å². The van der Waals surface area contributed by atoms with Gasteiger partial charge in [0.05, 0.1) is 19.0 Å². The van der Waals surface area contributed by atoms with Crippen LogP contribution in [0.4, 0.5) is 23.1 Å². The van der Waals surface area contributed by atoms with Crippen LogP contribution < -0.4 is 15.4 Å². The molecule has 0 unspecified atom stereocenters. The number of ether oxygens (including phenoxy) is 1. The lowest BCUT2D eigenvalue weighted by Crippen LogP contribution is -2.03. The fourth-order valence-corrected chi connectivity index (χ4v) is 2.34. The van der Waals surface area contributed by atoms with Gasteiger partial charge in [0.15, 0.2) is 5.82 Å². The van der Waals surface area contributed by atoms with Crippen LogP contribution in [0, 0.1) is 6.92 Å². The molecule has 0 amide bonds. The van der Waals surface area contributed by atoms with Crippen LogP contribution in [0.3, 0.4) is 0 Å². The maximum atomic E-state index is 6.14. The van der Waals surface area contributed by atoms with Crippen molar-refractivity contribution in [3.8, 4) is 5.75 Å². The van der Waals surface area contributed by atoms with E-state index in [4.69, 9.17) is 16.3 Å². The molecule has 0 spiro atoms. The molecule has 122 valence electrons. The SMILES string of the molecule is COc1ccccc1Nc1nncc(Nc2cccc(Cl)c2C)n1. The van der Waals surface area contributed by atoms with Gasteiger partial charge in [-0.1, -0.05) is 29.8 Å². The largest absolute Gasteiger partial charge is 0.495 e. The Morgan fingerprint density at radius 2 is 1.79 bits per heavy atom. The third kappa shape index (κ3) is 3.55. The molecule has 0 atom stereocenters.